The molecule has 0 amide bonds. The number of hydrogen-bond donors (Lipinski definition) is 3. The smallest absolute Gasteiger partial charge is 0.0851 e. The van der Waals surface area contributed by atoms with Crippen molar-refractivity contribution in [2.45, 2.75) is 32.0 Å². The second-order valence-electron chi connectivity index (χ2n) is 3.33. The highest BCUT2D eigenvalue weighted by Crippen LogP contribution is 2.33. The molecule has 0 aromatic heterocycles. The third kappa shape index (κ3) is 1.55. The van der Waals surface area contributed by atoms with E-state index in [1.165, 1.54) is 0 Å². The highest BCUT2D eigenvalue weighted by Gasteiger charge is 2.39. The van der Waals surface area contributed by atoms with Gasteiger partial charge in [0.15, 0.2) is 0 Å². The van der Waals surface area contributed by atoms with Gasteiger partial charge in [-0.3, -0.25) is 0 Å². The van der Waals surface area contributed by atoms with Crippen LogP contribution in [-0.2, 0) is 0 Å². The van der Waals surface area contributed by atoms with E-state index in [-0.39, 0.29) is 18.4 Å². The van der Waals surface area contributed by atoms with Crippen LogP contribution < -0.4 is 0 Å². The van der Waals surface area contributed by atoms with Crippen molar-refractivity contribution in [2.75, 3.05) is 6.61 Å². The molecular weight excluding hydrogens is 144 g/mol. The minimum absolute atomic E-state index is 0.0191. The van der Waals surface area contributed by atoms with Crippen molar-refractivity contribution in [3.63, 3.8) is 0 Å². The molecule has 0 unspecified atom stereocenters. The average molecular weight is 160 g/mol. The summed E-state index contributed by atoms with van der Waals surface area (Å²) in [6.07, 6.45) is 0.270. The van der Waals surface area contributed by atoms with Crippen LogP contribution in [0, 0.1) is 11.8 Å². The molecule has 0 heterocycles. The Bertz CT molecular complexity index is 109. The molecule has 3 nitrogen and oxygen atoms in total. The van der Waals surface area contributed by atoms with Crippen molar-refractivity contribution in [1.82, 2.24) is 0 Å². The first-order valence-electron chi connectivity index (χ1n) is 4.17. The molecule has 0 bridgehead atoms. The predicted octanol–water partition coefficient (Wildman–Crippen LogP) is -0.253. The van der Waals surface area contributed by atoms with Crippen LogP contribution in [0.5, 0.6) is 0 Å². The summed E-state index contributed by atoms with van der Waals surface area (Å²) in [6.45, 7) is 1.97. The molecule has 1 rings (SSSR count). The Balaban J connectivity index is 2.53. The van der Waals surface area contributed by atoms with Gasteiger partial charge in [-0.15, -0.1) is 0 Å². The SMILES string of the molecule is CC[C@H]1C[C@H](CO)[C@H](O)[C@@H]1O. The minimum Gasteiger partial charge on any atom is -0.396 e. The molecule has 0 aromatic rings. The van der Waals surface area contributed by atoms with Gasteiger partial charge in [-0.05, 0) is 12.3 Å². The molecule has 0 spiro atoms. The normalized spacial score (nSPS) is 44.7. The van der Waals surface area contributed by atoms with E-state index in [0.29, 0.717) is 0 Å². The van der Waals surface area contributed by atoms with Crippen LogP contribution >= 0.6 is 0 Å². The lowest BCUT2D eigenvalue weighted by molar-refractivity contribution is -0.00627. The van der Waals surface area contributed by atoms with Gasteiger partial charge in [-0.1, -0.05) is 13.3 Å². The van der Waals surface area contributed by atoms with E-state index >= 15 is 0 Å². The molecule has 3 N–H and O–H groups in total. The molecule has 1 aliphatic carbocycles. The van der Waals surface area contributed by atoms with E-state index in [9.17, 15) is 10.2 Å². The Labute approximate surface area is 66.7 Å². The molecule has 4 atom stereocenters. The van der Waals surface area contributed by atoms with Gasteiger partial charge in [0, 0.05) is 12.5 Å². The summed E-state index contributed by atoms with van der Waals surface area (Å²) < 4.78 is 0. The van der Waals surface area contributed by atoms with E-state index in [2.05, 4.69) is 0 Å². The van der Waals surface area contributed by atoms with Crippen LogP contribution in [0.3, 0.4) is 0 Å². The second-order valence-corrected chi connectivity index (χ2v) is 3.33. The van der Waals surface area contributed by atoms with Crippen molar-refractivity contribution in [1.29, 1.82) is 0 Å². The van der Waals surface area contributed by atoms with Crippen LogP contribution in [0.15, 0.2) is 0 Å². The Kier molecular flexibility index (Phi) is 2.87. The third-order valence-corrected chi connectivity index (χ3v) is 2.68. The fourth-order valence-corrected chi connectivity index (χ4v) is 1.82. The first-order valence-corrected chi connectivity index (χ1v) is 4.17. The van der Waals surface area contributed by atoms with Gasteiger partial charge >= 0.3 is 0 Å². The lowest BCUT2D eigenvalue weighted by Crippen LogP contribution is -2.29. The monoisotopic (exact) mass is 160 g/mol. The van der Waals surface area contributed by atoms with Crippen molar-refractivity contribution < 1.29 is 15.3 Å². The zero-order valence-electron chi connectivity index (χ0n) is 6.77. The van der Waals surface area contributed by atoms with E-state index in [0.717, 1.165) is 12.8 Å². The molecule has 0 aliphatic heterocycles. The highest BCUT2D eigenvalue weighted by atomic mass is 16.3. The van der Waals surface area contributed by atoms with Gasteiger partial charge in [0.1, 0.15) is 0 Å². The number of aliphatic hydroxyl groups is 3. The maximum Gasteiger partial charge on any atom is 0.0851 e. The molecule has 66 valence electrons. The quantitative estimate of drug-likeness (QED) is 0.522. The molecule has 0 saturated heterocycles. The number of aliphatic hydroxyl groups excluding tert-OH is 3. The molecule has 0 radical (unpaired) electrons. The number of hydrogen-bond acceptors (Lipinski definition) is 3. The van der Waals surface area contributed by atoms with Gasteiger partial charge < -0.3 is 15.3 Å². The summed E-state index contributed by atoms with van der Waals surface area (Å²) in [5.74, 6) is 0.0529. The number of rotatable bonds is 2. The maximum atomic E-state index is 9.40. The van der Waals surface area contributed by atoms with Crippen molar-refractivity contribution >= 4 is 0 Å². The third-order valence-electron chi connectivity index (χ3n) is 2.68. The lowest BCUT2D eigenvalue weighted by Gasteiger charge is -2.14. The Morgan fingerprint density at radius 2 is 1.73 bits per heavy atom. The summed E-state index contributed by atoms with van der Waals surface area (Å²) in [6, 6.07) is 0. The van der Waals surface area contributed by atoms with Crippen molar-refractivity contribution in [2.24, 2.45) is 11.8 Å². The summed E-state index contributed by atoms with van der Waals surface area (Å²) in [4.78, 5) is 0. The van der Waals surface area contributed by atoms with E-state index < -0.39 is 12.2 Å². The topological polar surface area (TPSA) is 60.7 Å². The fraction of sp³-hybridized carbons (Fsp3) is 1.00. The second kappa shape index (κ2) is 3.52. The van der Waals surface area contributed by atoms with Gasteiger partial charge in [-0.2, -0.15) is 0 Å². The van der Waals surface area contributed by atoms with Gasteiger partial charge in [0.2, 0.25) is 0 Å². The van der Waals surface area contributed by atoms with Gasteiger partial charge in [0.25, 0.3) is 0 Å². The van der Waals surface area contributed by atoms with Gasteiger partial charge in [-0.25, -0.2) is 0 Å². The van der Waals surface area contributed by atoms with Crippen LogP contribution in [0.25, 0.3) is 0 Å². The predicted molar refractivity (Wildman–Crippen MR) is 41.0 cm³/mol. The van der Waals surface area contributed by atoms with Crippen LogP contribution in [0.2, 0.25) is 0 Å². The molecule has 3 heteroatoms. The Hall–Kier alpha value is -0.120. The molecular formula is C8H16O3. The minimum atomic E-state index is -0.718. The molecule has 11 heavy (non-hydrogen) atoms. The van der Waals surface area contributed by atoms with E-state index in [4.69, 9.17) is 5.11 Å². The average Bonchev–Trinajstić information content (AvgIpc) is 2.30. The zero-order valence-corrected chi connectivity index (χ0v) is 6.77. The molecule has 0 aromatic carbocycles. The molecule has 1 aliphatic rings. The molecule has 1 fully saturated rings. The summed E-state index contributed by atoms with van der Waals surface area (Å²) in [5, 5.41) is 27.5. The maximum absolute atomic E-state index is 9.40. The Morgan fingerprint density at radius 3 is 2.00 bits per heavy atom. The zero-order chi connectivity index (χ0) is 8.43. The van der Waals surface area contributed by atoms with Crippen LogP contribution in [0.4, 0.5) is 0 Å². The fourth-order valence-electron chi connectivity index (χ4n) is 1.82. The largest absolute Gasteiger partial charge is 0.396 e. The first kappa shape index (κ1) is 8.97. The summed E-state index contributed by atoms with van der Waals surface area (Å²) in [5.41, 5.74) is 0. The van der Waals surface area contributed by atoms with Crippen LogP contribution in [-0.4, -0.2) is 34.1 Å². The van der Waals surface area contributed by atoms with Crippen LogP contribution in [0.1, 0.15) is 19.8 Å². The van der Waals surface area contributed by atoms with Crippen molar-refractivity contribution in [3.8, 4) is 0 Å². The Morgan fingerprint density at radius 1 is 1.18 bits per heavy atom. The first-order chi connectivity index (χ1) is 5.20. The van der Waals surface area contributed by atoms with Crippen molar-refractivity contribution in [3.05, 3.63) is 0 Å². The summed E-state index contributed by atoms with van der Waals surface area (Å²) >= 11 is 0. The standard InChI is InChI=1S/C8H16O3/c1-2-5-3-6(4-9)8(11)7(5)10/h5-11H,2-4H2,1H3/t5-,6+,7+,8-/m0/s1. The lowest BCUT2D eigenvalue weighted by atomic mass is 10.0. The van der Waals surface area contributed by atoms with E-state index in [1.807, 2.05) is 6.92 Å². The molecule has 1 saturated carbocycles. The highest BCUT2D eigenvalue weighted by molar-refractivity contribution is 4.89. The summed E-state index contributed by atoms with van der Waals surface area (Å²) in [7, 11) is 0. The van der Waals surface area contributed by atoms with Gasteiger partial charge in [0.05, 0.1) is 12.2 Å². The van der Waals surface area contributed by atoms with E-state index in [1.54, 1.807) is 0 Å².